The van der Waals surface area contributed by atoms with Crippen molar-refractivity contribution in [3.8, 4) is 40.2 Å². The van der Waals surface area contributed by atoms with Gasteiger partial charge in [-0.05, 0) is 208 Å². The maximum atomic E-state index is 12.0. The summed E-state index contributed by atoms with van der Waals surface area (Å²) in [5, 5.41) is 50.2. The molecule has 1 amide bonds. The molecule has 29 heteroatoms. The lowest BCUT2D eigenvalue weighted by molar-refractivity contribution is 0.0824. The minimum Gasteiger partial charge on any atom is -0.755 e. The maximum Gasteiger partial charge on any atom is 0.257 e. The summed E-state index contributed by atoms with van der Waals surface area (Å²) in [5.74, 6) is 2.38. The van der Waals surface area contributed by atoms with E-state index in [9.17, 15) is 74.1 Å². The smallest absolute Gasteiger partial charge is 0.257 e. The van der Waals surface area contributed by atoms with E-state index in [1.807, 2.05) is 52.8 Å². The Kier molecular flexibility index (Phi) is 31.5. The van der Waals surface area contributed by atoms with Gasteiger partial charge in [-0.2, -0.15) is 0 Å². The molecule has 0 aromatic heterocycles. The molecule has 0 spiro atoms. The van der Waals surface area contributed by atoms with Crippen LogP contribution in [0.4, 0.5) is 28.4 Å². The molecular weight excluding hydrogens is 1370 g/mol. The number of fused-ring (bicyclic) bond motifs is 1. The molecule has 3 aliphatic rings. The van der Waals surface area contributed by atoms with E-state index >= 15 is 0 Å². The molecule has 99 heavy (non-hydrogen) atoms. The molecule has 0 aliphatic heterocycles. The average Bonchev–Trinajstić information content (AvgIpc) is 0.787. The highest BCUT2D eigenvalue weighted by atomic mass is 32.2. The molecule has 7 atom stereocenters. The molecule has 0 saturated heterocycles. The summed E-state index contributed by atoms with van der Waals surface area (Å²) in [6.07, 6.45) is 16.4. The summed E-state index contributed by atoms with van der Waals surface area (Å²) < 4.78 is 130. The number of aryl methyl sites for hydroxylation is 6. The van der Waals surface area contributed by atoms with Crippen molar-refractivity contribution < 1.29 is 83.6 Å². The van der Waals surface area contributed by atoms with E-state index in [1.165, 1.54) is 79.2 Å². The largest absolute Gasteiger partial charge is 0.755 e. The Bertz CT molecular complexity index is 4020. The normalized spacial score (nSPS) is 16.9. The van der Waals surface area contributed by atoms with Crippen LogP contribution in [-0.4, -0.2) is 107 Å². The fraction of sp³-hybridized carbons (Fsp3) is 0.414. The summed E-state index contributed by atoms with van der Waals surface area (Å²) in [4.78, 5) is 13.3. The highest BCUT2D eigenvalue weighted by Gasteiger charge is 2.27. The van der Waals surface area contributed by atoms with Crippen LogP contribution in [0, 0.1) is 47.5 Å². The number of carbonyl (C=O) groups excluding carboxylic acids is 1. The lowest BCUT2D eigenvalue weighted by Gasteiger charge is -2.30. The fourth-order valence-corrected chi connectivity index (χ4v) is 14.2. The lowest BCUT2D eigenvalue weighted by atomic mass is 9.75. The van der Waals surface area contributed by atoms with Gasteiger partial charge >= 0.3 is 0 Å². The number of hydrogen-bond acceptors (Lipinski definition) is 18. The molecule has 3 saturated carbocycles. The third kappa shape index (κ3) is 24.3. The fourth-order valence-electron chi connectivity index (χ4n) is 12.4. The molecule has 7 aromatic carbocycles. The Morgan fingerprint density at radius 1 is 0.444 bits per heavy atom. The van der Waals surface area contributed by atoms with Crippen molar-refractivity contribution in [2.45, 2.75) is 156 Å². The average molecular weight is 1460 g/mol. The van der Waals surface area contributed by atoms with Gasteiger partial charge in [-0.3, -0.25) is 25.8 Å². The standard InChI is InChI=1S/C22H29NO5S.C14H21NO3S.C13H14N2O4S.C13H19NO3S.C8H11NO3S/c1-15-8-9-18(12-16(15)2)27-10-11-28-22-14-21(24)20(23-29(25)26)13-19(22)17-6-4-3-5-7-17;1-9-5-3-4-6-11(9)12-8-13(15-19(17)18)14(16)7-10(12)2;1-15(2)13(17)10-7-11(14-20(18)19)8-5-3-4-6-9(8)12(10)16;1-9-7-13(15)12(14-18(16)17)8-11(9)10-5-3-2-4-6-10;1-5-3-7(9-13(11)12)8(10)4-6(5)2/h8-9,12-14,17,23-24H,3-7,10-11H2,1-2H3,(H,25,26);7-9,11,15-16H,3-6H2,1-2H3,(H,17,18);3-7,14,16H,1-2H3,(H,18,19);7-8,10,14-15H,2-6H2,1H3,(H,16,17);3-4,9-10H,1-2H3,(H,11,12)/p-5. The van der Waals surface area contributed by atoms with E-state index in [0.29, 0.717) is 53.4 Å². The van der Waals surface area contributed by atoms with Gasteiger partial charge in [0.05, 0.1) is 34.0 Å². The van der Waals surface area contributed by atoms with Crippen LogP contribution in [0.5, 0.6) is 40.2 Å². The van der Waals surface area contributed by atoms with Gasteiger partial charge in [0, 0.05) is 87.3 Å². The molecule has 0 radical (unpaired) electrons. The number of phenols is 5. The first-order valence-corrected chi connectivity index (χ1v) is 37.7. The van der Waals surface area contributed by atoms with Crippen molar-refractivity contribution in [2.75, 3.05) is 50.9 Å². The monoisotopic (exact) mass is 1460 g/mol. The Hall–Kier alpha value is -7.58. The van der Waals surface area contributed by atoms with E-state index < -0.39 is 62.2 Å². The van der Waals surface area contributed by atoms with E-state index in [-0.39, 0.29) is 62.7 Å². The first kappa shape index (κ1) is 80.4. The van der Waals surface area contributed by atoms with Crippen molar-refractivity contribution in [2.24, 2.45) is 5.92 Å². The van der Waals surface area contributed by atoms with Crippen LogP contribution in [0.1, 0.15) is 175 Å². The van der Waals surface area contributed by atoms with E-state index in [4.69, 9.17) is 9.47 Å². The zero-order valence-electron chi connectivity index (χ0n) is 56.9. The molecule has 24 nitrogen and oxygen atoms in total. The van der Waals surface area contributed by atoms with Crippen LogP contribution in [0.3, 0.4) is 0 Å². The molecule has 0 heterocycles. The third-order valence-electron chi connectivity index (χ3n) is 17.8. The quantitative estimate of drug-likeness (QED) is 0.0156. The minimum atomic E-state index is -2.52. The Morgan fingerprint density at radius 3 is 1.35 bits per heavy atom. The Balaban J connectivity index is 0.000000200. The third-order valence-corrected chi connectivity index (χ3v) is 19.7. The van der Waals surface area contributed by atoms with E-state index in [0.717, 1.165) is 89.6 Å². The van der Waals surface area contributed by atoms with Gasteiger partial charge in [0.25, 0.3) is 5.91 Å². The van der Waals surface area contributed by atoms with Crippen LogP contribution in [-0.2, 0) is 56.3 Å². The number of aromatic hydroxyl groups is 5. The number of ether oxygens (including phenoxy) is 2. The lowest BCUT2D eigenvalue weighted by Crippen LogP contribution is -2.22. The number of benzene rings is 7. The van der Waals surface area contributed by atoms with Crippen LogP contribution in [0.2, 0.25) is 0 Å². The molecule has 7 aromatic rings. The molecule has 3 aliphatic carbocycles. The highest BCUT2D eigenvalue weighted by molar-refractivity contribution is 7.81. The summed E-state index contributed by atoms with van der Waals surface area (Å²) in [6.45, 7) is 14.7. The van der Waals surface area contributed by atoms with Crippen molar-refractivity contribution in [3.05, 3.63) is 153 Å². The first-order chi connectivity index (χ1) is 46.9. The molecular formula is C70H89N6O18S5-5. The second-order valence-electron chi connectivity index (χ2n) is 25.0. The summed E-state index contributed by atoms with van der Waals surface area (Å²) in [5.41, 5.74) is 10.7. The van der Waals surface area contributed by atoms with Crippen LogP contribution in [0.15, 0.2) is 97.1 Å². The summed E-state index contributed by atoms with van der Waals surface area (Å²) >= 11 is -12.2. The van der Waals surface area contributed by atoms with Gasteiger partial charge in [0.15, 0.2) is 0 Å². The van der Waals surface area contributed by atoms with Crippen LogP contribution in [0.25, 0.3) is 10.8 Å². The van der Waals surface area contributed by atoms with Crippen LogP contribution >= 0.6 is 0 Å². The number of nitrogens with zero attached hydrogens (tertiary/aromatic N) is 1. The second-order valence-corrected chi connectivity index (χ2v) is 28.4. The van der Waals surface area contributed by atoms with Crippen molar-refractivity contribution in [1.82, 2.24) is 4.90 Å². The number of hydrogen-bond donors (Lipinski definition) is 10. The number of carbonyl (C=O) groups is 1. The van der Waals surface area contributed by atoms with Crippen molar-refractivity contribution >= 4 is 101 Å². The van der Waals surface area contributed by atoms with Crippen LogP contribution < -0.4 is 33.1 Å². The molecule has 10 rings (SSSR count). The molecule has 10 N–H and O–H groups in total. The van der Waals surface area contributed by atoms with Gasteiger partial charge in [-0.1, -0.05) is 95.0 Å². The number of anilines is 5. The zero-order valence-corrected chi connectivity index (χ0v) is 61.0. The zero-order chi connectivity index (χ0) is 72.8. The summed E-state index contributed by atoms with van der Waals surface area (Å²) in [7, 11) is 3.10. The first-order valence-electron chi connectivity index (χ1n) is 32.4. The molecule has 0 bridgehead atoms. The SMILES string of the molecule is CN(C)C(=O)c1cc(NS(=O)[O-])c2ccccc2c1O.Cc1cc(O)c(NS(=O)[O-])cc1C.Cc1cc(O)c(NS(=O)[O-])cc1C1CCCCC1.Cc1cc(O)c(NS(=O)[O-])cc1C1CCCCC1C.Cc1ccc(OCCOc2cc(O)c(NS(=O)[O-])cc2C2CCCCC2)cc1C. The Labute approximate surface area is 592 Å². The maximum absolute atomic E-state index is 12.0. The number of nitrogens with one attached hydrogen (secondary N) is 5. The van der Waals surface area contributed by atoms with Gasteiger partial charge in [-0.15, -0.1) is 0 Å². The minimum absolute atomic E-state index is 0.0174. The van der Waals surface area contributed by atoms with Gasteiger partial charge in [0.1, 0.15) is 53.5 Å². The predicted molar refractivity (Wildman–Crippen MR) is 387 cm³/mol. The van der Waals surface area contributed by atoms with E-state index in [2.05, 4.69) is 37.5 Å². The van der Waals surface area contributed by atoms with E-state index in [1.54, 1.807) is 74.8 Å². The number of rotatable bonds is 19. The van der Waals surface area contributed by atoms with Gasteiger partial charge in [-0.25, -0.2) is 0 Å². The van der Waals surface area contributed by atoms with Gasteiger partial charge in [0.2, 0.25) is 0 Å². The number of amides is 1. The van der Waals surface area contributed by atoms with Crippen molar-refractivity contribution in [3.63, 3.8) is 0 Å². The summed E-state index contributed by atoms with van der Waals surface area (Å²) in [6, 6.07) is 27.1. The molecule has 7 unspecified atom stereocenters. The molecule has 3 fully saturated rings. The molecule has 542 valence electrons. The number of phenolic OH excluding ortho intramolecular Hbond substituents is 5. The topological polar surface area (TPSA) is 401 Å². The van der Waals surface area contributed by atoms with Crippen molar-refractivity contribution in [1.29, 1.82) is 0 Å². The Morgan fingerprint density at radius 2 is 0.848 bits per heavy atom. The van der Waals surface area contributed by atoms with Gasteiger partial charge < -0.3 is 86.3 Å². The highest BCUT2D eigenvalue weighted by Crippen LogP contribution is 2.45. The predicted octanol–water partition coefficient (Wildman–Crippen LogP) is 13.5. The second kappa shape index (κ2) is 38.8.